The van der Waals surface area contributed by atoms with E-state index in [2.05, 4.69) is 0 Å². The van der Waals surface area contributed by atoms with Gasteiger partial charge >= 0.3 is 5.97 Å². The first-order valence-corrected chi connectivity index (χ1v) is 6.20. The molecular formula is C15H18N2O2. The summed E-state index contributed by atoms with van der Waals surface area (Å²) in [5.41, 5.74) is 8.99. The van der Waals surface area contributed by atoms with Gasteiger partial charge in [-0.25, -0.2) is 4.79 Å². The summed E-state index contributed by atoms with van der Waals surface area (Å²) in [6.07, 6.45) is 0. The average molecular weight is 258 g/mol. The standard InChI is InChI=1S/C15H18N2O2/c1-10(2)17-13(8-9-14(17)15(18)19-3)11-4-6-12(16)7-5-11/h4-10H,16H2,1-3H3. The molecule has 0 aliphatic heterocycles. The van der Waals surface area contributed by atoms with Gasteiger partial charge in [-0.15, -0.1) is 0 Å². The highest BCUT2D eigenvalue weighted by Gasteiger charge is 2.18. The van der Waals surface area contributed by atoms with Crippen LogP contribution in [-0.2, 0) is 4.74 Å². The Balaban J connectivity index is 2.55. The van der Waals surface area contributed by atoms with Gasteiger partial charge < -0.3 is 15.0 Å². The van der Waals surface area contributed by atoms with Crippen LogP contribution < -0.4 is 5.73 Å². The molecule has 0 saturated carbocycles. The number of methoxy groups -OCH3 is 1. The predicted molar refractivity (Wildman–Crippen MR) is 76.0 cm³/mol. The van der Waals surface area contributed by atoms with Crippen LogP contribution in [0.25, 0.3) is 11.3 Å². The molecule has 4 heteroatoms. The Hall–Kier alpha value is -2.23. The van der Waals surface area contributed by atoms with E-state index in [0.29, 0.717) is 5.69 Å². The minimum atomic E-state index is -0.324. The summed E-state index contributed by atoms with van der Waals surface area (Å²) in [6, 6.07) is 11.5. The fourth-order valence-corrected chi connectivity index (χ4v) is 2.16. The van der Waals surface area contributed by atoms with Crippen molar-refractivity contribution in [3.8, 4) is 11.3 Å². The molecule has 0 radical (unpaired) electrons. The molecule has 2 rings (SSSR count). The van der Waals surface area contributed by atoms with E-state index in [1.54, 1.807) is 6.07 Å². The van der Waals surface area contributed by atoms with E-state index >= 15 is 0 Å². The van der Waals surface area contributed by atoms with Gasteiger partial charge in [0.25, 0.3) is 0 Å². The molecule has 100 valence electrons. The second-order valence-electron chi connectivity index (χ2n) is 4.68. The molecule has 0 aliphatic rings. The van der Waals surface area contributed by atoms with Crippen LogP contribution in [0.5, 0.6) is 0 Å². The van der Waals surface area contributed by atoms with Gasteiger partial charge in [0.05, 0.1) is 7.11 Å². The molecule has 0 amide bonds. The third-order valence-electron chi connectivity index (χ3n) is 3.04. The van der Waals surface area contributed by atoms with Crippen molar-refractivity contribution in [2.75, 3.05) is 12.8 Å². The molecule has 0 spiro atoms. The van der Waals surface area contributed by atoms with Gasteiger partial charge in [-0.1, -0.05) is 12.1 Å². The molecule has 1 aromatic heterocycles. The Morgan fingerprint density at radius 2 is 1.79 bits per heavy atom. The number of hydrogen-bond acceptors (Lipinski definition) is 3. The second-order valence-corrected chi connectivity index (χ2v) is 4.68. The van der Waals surface area contributed by atoms with Gasteiger partial charge in [0.2, 0.25) is 0 Å². The number of carbonyl (C=O) groups is 1. The summed E-state index contributed by atoms with van der Waals surface area (Å²) in [7, 11) is 1.39. The molecule has 0 bridgehead atoms. The van der Waals surface area contributed by atoms with E-state index in [4.69, 9.17) is 10.5 Å². The lowest BCUT2D eigenvalue weighted by Gasteiger charge is -2.16. The van der Waals surface area contributed by atoms with Gasteiger partial charge in [-0.05, 0) is 43.7 Å². The molecule has 1 heterocycles. The number of anilines is 1. The molecule has 1 aromatic carbocycles. The van der Waals surface area contributed by atoms with E-state index in [-0.39, 0.29) is 12.0 Å². The third kappa shape index (κ3) is 2.47. The van der Waals surface area contributed by atoms with E-state index in [1.165, 1.54) is 7.11 Å². The first kappa shape index (κ1) is 13.2. The Morgan fingerprint density at radius 1 is 1.16 bits per heavy atom. The summed E-state index contributed by atoms with van der Waals surface area (Å²) in [5, 5.41) is 0. The minimum absolute atomic E-state index is 0.164. The summed E-state index contributed by atoms with van der Waals surface area (Å²) < 4.78 is 6.79. The van der Waals surface area contributed by atoms with Gasteiger partial charge in [0.1, 0.15) is 5.69 Å². The predicted octanol–water partition coefficient (Wildman–Crippen LogP) is 3.10. The molecule has 0 saturated heterocycles. The van der Waals surface area contributed by atoms with E-state index < -0.39 is 0 Å². The number of carbonyl (C=O) groups excluding carboxylic acids is 1. The van der Waals surface area contributed by atoms with Gasteiger partial charge in [-0.3, -0.25) is 0 Å². The fourth-order valence-electron chi connectivity index (χ4n) is 2.16. The number of aromatic nitrogens is 1. The van der Waals surface area contributed by atoms with Crippen LogP contribution in [0.1, 0.15) is 30.4 Å². The normalized spacial score (nSPS) is 10.7. The van der Waals surface area contributed by atoms with Crippen LogP contribution in [0.2, 0.25) is 0 Å². The second kappa shape index (κ2) is 5.18. The highest BCUT2D eigenvalue weighted by molar-refractivity contribution is 5.89. The first-order chi connectivity index (χ1) is 9.04. The molecule has 0 aliphatic carbocycles. The number of hydrogen-bond donors (Lipinski definition) is 1. The molecule has 0 atom stereocenters. The summed E-state index contributed by atoms with van der Waals surface area (Å²) in [6.45, 7) is 4.07. The van der Waals surface area contributed by atoms with Crippen LogP contribution >= 0.6 is 0 Å². The van der Waals surface area contributed by atoms with Gasteiger partial charge in [0, 0.05) is 17.4 Å². The maximum atomic E-state index is 11.8. The lowest BCUT2D eigenvalue weighted by molar-refractivity contribution is 0.0587. The van der Waals surface area contributed by atoms with Crippen LogP contribution in [-0.4, -0.2) is 17.6 Å². The molecular weight excluding hydrogens is 240 g/mol. The lowest BCUT2D eigenvalue weighted by atomic mass is 10.1. The van der Waals surface area contributed by atoms with Crippen molar-refractivity contribution in [1.82, 2.24) is 4.57 Å². The van der Waals surface area contributed by atoms with Gasteiger partial charge in [-0.2, -0.15) is 0 Å². The summed E-state index contributed by atoms with van der Waals surface area (Å²) in [4.78, 5) is 11.8. The number of nitrogens with zero attached hydrogens (tertiary/aromatic N) is 1. The molecule has 19 heavy (non-hydrogen) atoms. The summed E-state index contributed by atoms with van der Waals surface area (Å²) in [5.74, 6) is -0.324. The zero-order valence-electron chi connectivity index (χ0n) is 11.4. The average Bonchev–Trinajstić information content (AvgIpc) is 2.83. The van der Waals surface area contributed by atoms with E-state index in [1.807, 2.05) is 48.7 Å². The maximum Gasteiger partial charge on any atom is 0.354 e. The number of benzene rings is 1. The summed E-state index contributed by atoms with van der Waals surface area (Å²) >= 11 is 0. The number of nitrogen functional groups attached to an aromatic ring is 1. The largest absolute Gasteiger partial charge is 0.464 e. The Bertz CT molecular complexity index is 583. The quantitative estimate of drug-likeness (QED) is 0.679. The molecule has 0 fully saturated rings. The number of ether oxygens (including phenoxy) is 1. The fraction of sp³-hybridized carbons (Fsp3) is 0.267. The maximum absolute atomic E-state index is 11.8. The molecule has 4 nitrogen and oxygen atoms in total. The molecule has 0 unspecified atom stereocenters. The van der Waals surface area contributed by atoms with E-state index in [0.717, 1.165) is 16.9 Å². The smallest absolute Gasteiger partial charge is 0.354 e. The highest BCUT2D eigenvalue weighted by Crippen LogP contribution is 2.27. The number of nitrogens with two attached hydrogens (primary N) is 1. The first-order valence-electron chi connectivity index (χ1n) is 6.20. The van der Waals surface area contributed by atoms with Crippen molar-refractivity contribution in [3.63, 3.8) is 0 Å². The van der Waals surface area contributed by atoms with Crippen LogP contribution in [0, 0.1) is 0 Å². The topological polar surface area (TPSA) is 57.2 Å². The van der Waals surface area contributed by atoms with Crippen LogP contribution in [0.15, 0.2) is 36.4 Å². The monoisotopic (exact) mass is 258 g/mol. The number of esters is 1. The van der Waals surface area contributed by atoms with Crippen LogP contribution in [0.4, 0.5) is 5.69 Å². The minimum Gasteiger partial charge on any atom is -0.464 e. The molecule has 2 aromatic rings. The third-order valence-corrected chi connectivity index (χ3v) is 3.04. The Kier molecular flexibility index (Phi) is 3.60. The lowest BCUT2D eigenvalue weighted by Crippen LogP contribution is -2.13. The van der Waals surface area contributed by atoms with Crippen LogP contribution in [0.3, 0.4) is 0 Å². The van der Waals surface area contributed by atoms with Crippen molar-refractivity contribution >= 4 is 11.7 Å². The van der Waals surface area contributed by atoms with Gasteiger partial charge in [0.15, 0.2) is 0 Å². The van der Waals surface area contributed by atoms with Crippen molar-refractivity contribution in [1.29, 1.82) is 0 Å². The molecule has 2 N–H and O–H groups in total. The number of rotatable bonds is 3. The van der Waals surface area contributed by atoms with Crippen molar-refractivity contribution in [3.05, 3.63) is 42.1 Å². The Morgan fingerprint density at radius 3 is 2.32 bits per heavy atom. The van der Waals surface area contributed by atoms with E-state index in [9.17, 15) is 4.79 Å². The zero-order chi connectivity index (χ0) is 14.0. The zero-order valence-corrected chi connectivity index (χ0v) is 11.4. The van der Waals surface area contributed by atoms with Crippen molar-refractivity contribution in [2.24, 2.45) is 0 Å². The highest BCUT2D eigenvalue weighted by atomic mass is 16.5. The SMILES string of the molecule is COC(=O)c1ccc(-c2ccc(N)cc2)n1C(C)C. The van der Waals surface area contributed by atoms with Crippen molar-refractivity contribution in [2.45, 2.75) is 19.9 Å². The van der Waals surface area contributed by atoms with Crippen molar-refractivity contribution < 1.29 is 9.53 Å². The Labute approximate surface area is 112 Å².